The number of carbonyl (C=O) groups is 1. The van der Waals surface area contributed by atoms with Gasteiger partial charge in [0.15, 0.2) is 0 Å². The third kappa shape index (κ3) is 4.46. The van der Waals surface area contributed by atoms with Crippen molar-refractivity contribution in [3.8, 4) is 22.5 Å². The number of hydrogen-bond donors (Lipinski definition) is 3. The quantitative estimate of drug-likeness (QED) is 0.370. The van der Waals surface area contributed by atoms with E-state index in [4.69, 9.17) is 20.6 Å². The van der Waals surface area contributed by atoms with Gasteiger partial charge in [-0.15, -0.1) is 0 Å². The number of hydrogen-bond acceptors (Lipinski definition) is 10. The van der Waals surface area contributed by atoms with Crippen LogP contribution < -0.4 is 21.5 Å². The zero-order chi connectivity index (χ0) is 24.5. The van der Waals surface area contributed by atoms with Gasteiger partial charge in [-0.25, -0.2) is 9.78 Å². The van der Waals surface area contributed by atoms with Crippen LogP contribution in [0.25, 0.3) is 32.5 Å². The minimum Gasteiger partial charge on any atom is -0.456 e. The number of piperazine rings is 1. The number of benzene rings is 1. The molecule has 11 heteroatoms. The van der Waals surface area contributed by atoms with Crippen molar-refractivity contribution in [1.29, 1.82) is 5.26 Å². The molecule has 5 rings (SSSR count). The van der Waals surface area contributed by atoms with E-state index >= 15 is 0 Å². The molecule has 0 atom stereocenters. The second kappa shape index (κ2) is 9.42. The Hall–Kier alpha value is -3.85. The summed E-state index contributed by atoms with van der Waals surface area (Å²) in [5, 5.41) is 15.0. The first-order chi connectivity index (χ1) is 16.9. The highest BCUT2D eigenvalue weighted by molar-refractivity contribution is 7.21. The lowest BCUT2D eigenvalue weighted by atomic mass is 10.0. The van der Waals surface area contributed by atoms with Gasteiger partial charge in [0.05, 0.1) is 16.6 Å². The largest absolute Gasteiger partial charge is 0.456 e. The summed E-state index contributed by atoms with van der Waals surface area (Å²) in [6.07, 6.45) is -0.973. The van der Waals surface area contributed by atoms with Crippen molar-refractivity contribution in [2.24, 2.45) is 5.73 Å². The van der Waals surface area contributed by atoms with E-state index in [1.807, 2.05) is 30.3 Å². The van der Waals surface area contributed by atoms with E-state index in [0.29, 0.717) is 45.0 Å². The number of fused-ring (bicyclic) bond motifs is 2. The van der Waals surface area contributed by atoms with Crippen LogP contribution in [0.15, 0.2) is 34.7 Å². The van der Waals surface area contributed by atoms with Gasteiger partial charge in [0.1, 0.15) is 33.6 Å². The Morgan fingerprint density at radius 2 is 2.09 bits per heavy atom. The van der Waals surface area contributed by atoms with Crippen LogP contribution >= 0.6 is 11.3 Å². The van der Waals surface area contributed by atoms with Crippen LogP contribution in [0, 0.1) is 11.3 Å². The standard InChI is InChI=1S/C24H25N7O3S/c1-30-8-10-31(11-9-30)7-6-28-21-15(13-25)18(17-12-14-4-2-3-5-16(14)33-17)19-20(26)23(34-24(27)32)35-22(19)29-21/h2-5,12H,6-11,26H2,1H3,(H2,27,32)(H,28,29). The number of carbonyl (C=O) groups excluding carboxylic acids is 1. The Labute approximate surface area is 205 Å². The fraction of sp³-hybridized carbons (Fsp3) is 0.292. The summed E-state index contributed by atoms with van der Waals surface area (Å²) in [7, 11) is 2.12. The molecular weight excluding hydrogens is 466 g/mol. The van der Waals surface area contributed by atoms with Crippen LogP contribution in [-0.4, -0.2) is 67.2 Å². The van der Waals surface area contributed by atoms with Crippen molar-refractivity contribution in [1.82, 2.24) is 14.8 Å². The molecule has 0 aliphatic carbocycles. The zero-order valence-electron chi connectivity index (χ0n) is 19.2. The first kappa shape index (κ1) is 22.9. The van der Waals surface area contributed by atoms with E-state index in [2.05, 4.69) is 33.2 Å². The molecular formula is C24H25N7O3S. The number of furan rings is 1. The van der Waals surface area contributed by atoms with E-state index in [0.717, 1.165) is 49.4 Å². The van der Waals surface area contributed by atoms with Gasteiger partial charge < -0.3 is 30.8 Å². The van der Waals surface area contributed by atoms with E-state index in [9.17, 15) is 10.1 Å². The topological polar surface area (TPSA) is 147 Å². The van der Waals surface area contributed by atoms with Gasteiger partial charge in [-0.05, 0) is 19.2 Å². The van der Waals surface area contributed by atoms with Crippen LogP contribution in [0.5, 0.6) is 5.06 Å². The minimum absolute atomic E-state index is 0.135. The Bertz CT molecular complexity index is 1410. The fourth-order valence-electron chi connectivity index (χ4n) is 4.29. The second-order valence-corrected chi connectivity index (χ2v) is 9.41. The van der Waals surface area contributed by atoms with Crippen LogP contribution in [0.2, 0.25) is 0 Å². The predicted molar refractivity (Wildman–Crippen MR) is 137 cm³/mol. The molecule has 0 bridgehead atoms. The van der Waals surface area contributed by atoms with Gasteiger partial charge >= 0.3 is 6.09 Å². The molecule has 35 heavy (non-hydrogen) atoms. The van der Waals surface area contributed by atoms with Crippen molar-refractivity contribution >= 4 is 50.1 Å². The predicted octanol–water partition coefficient (Wildman–Crippen LogP) is 3.28. The molecule has 10 nitrogen and oxygen atoms in total. The number of rotatable bonds is 6. The third-order valence-corrected chi connectivity index (χ3v) is 7.11. The number of ether oxygens (including phenoxy) is 1. The highest BCUT2D eigenvalue weighted by Gasteiger charge is 2.26. The molecule has 1 aliphatic rings. The summed E-state index contributed by atoms with van der Waals surface area (Å²) >= 11 is 1.10. The van der Waals surface area contributed by atoms with E-state index in [1.165, 1.54) is 0 Å². The summed E-state index contributed by atoms with van der Waals surface area (Å²) in [6, 6.07) is 11.7. The number of nitrogens with two attached hydrogens (primary N) is 2. The number of pyridine rings is 1. The number of likely N-dealkylation sites (N-methyl/N-ethyl adjacent to an activating group) is 1. The number of nitrogens with zero attached hydrogens (tertiary/aromatic N) is 4. The highest BCUT2D eigenvalue weighted by Crippen LogP contribution is 2.47. The van der Waals surface area contributed by atoms with Crippen molar-refractivity contribution < 1.29 is 13.9 Å². The summed E-state index contributed by atoms with van der Waals surface area (Å²) in [5.74, 6) is 0.906. The summed E-state index contributed by atoms with van der Waals surface area (Å²) in [5.41, 5.74) is 13.3. The van der Waals surface area contributed by atoms with Crippen molar-refractivity contribution in [3.63, 3.8) is 0 Å². The van der Waals surface area contributed by atoms with Gasteiger partial charge in [0.25, 0.3) is 0 Å². The number of nitrogen functional groups attached to an aromatic ring is 1. The lowest BCUT2D eigenvalue weighted by Crippen LogP contribution is -2.45. The zero-order valence-corrected chi connectivity index (χ0v) is 20.0. The summed E-state index contributed by atoms with van der Waals surface area (Å²) in [4.78, 5) is 21.3. The number of aromatic nitrogens is 1. The number of thiophene rings is 1. The normalized spacial score (nSPS) is 14.9. The lowest BCUT2D eigenvalue weighted by Gasteiger charge is -2.32. The molecule has 1 amide bonds. The Morgan fingerprint density at radius 1 is 1.31 bits per heavy atom. The first-order valence-electron chi connectivity index (χ1n) is 11.2. The number of amides is 1. The molecule has 0 radical (unpaired) electrons. The number of nitriles is 1. The fourth-order valence-corrected chi connectivity index (χ4v) is 5.25. The third-order valence-electron chi connectivity index (χ3n) is 6.14. The van der Waals surface area contributed by atoms with E-state index in [1.54, 1.807) is 0 Å². The maximum atomic E-state index is 11.4. The van der Waals surface area contributed by atoms with Crippen LogP contribution in [0.4, 0.5) is 16.3 Å². The average Bonchev–Trinajstić information content (AvgIpc) is 3.40. The molecule has 1 aromatic carbocycles. The Kier molecular flexibility index (Phi) is 6.17. The maximum Gasteiger partial charge on any atom is 0.410 e. The number of primary amides is 1. The number of nitrogens with one attached hydrogen (secondary N) is 1. The van der Waals surface area contributed by atoms with Crippen molar-refractivity contribution in [2.75, 3.05) is 57.4 Å². The summed E-state index contributed by atoms with van der Waals surface area (Å²) in [6.45, 7) is 5.48. The first-order valence-corrected chi connectivity index (χ1v) is 12.0. The molecule has 3 aromatic heterocycles. The molecule has 1 aliphatic heterocycles. The van der Waals surface area contributed by atoms with Gasteiger partial charge in [-0.2, -0.15) is 5.26 Å². The molecule has 1 saturated heterocycles. The SMILES string of the molecule is CN1CCN(CCNc2nc3sc(OC(N)=O)c(N)c3c(-c3cc4ccccc4o3)c2C#N)CC1. The van der Waals surface area contributed by atoms with Gasteiger partial charge in [-0.1, -0.05) is 29.5 Å². The van der Waals surface area contributed by atoms with Crippen LogP contribution in [0.3, 0.4) is 0 Å². The number of anilines is 2. The summed E-state index contributed by atoms with van der Waals surface area (Å²) < 4.78 is 11.2. The van der Waals surface area contributed by atoms with Crippen molar-refractivity contribution in [2.45, 2.75) is 0 Å². The second-order valence-electron chi connectivity index (χ2n) is 8.45. The molecule has 1 fully saturated rings. The molecule has 4 aromatic rings. The number of para-hydroxylation sites is 1. The highest BCUT2D eigenvalue weighted by atomic mass is 32.1. The average molecular weight is 492 g/mol. The lowest BCUT2D eigenvalue weighted by molar-refractivity contribution is 0.158. The van der Waals surface area contributed by atoms with Crippen LogP contribution in [0.1, 0.15) is 5.56 Å². The maximum absolute atomic E-state index is 11.4. The van der Waals surface area contributed by atoms with E-state index < -0.39 is 6.09 Å². The molecule has 0 unspecified atom stereocenters. The van der Waals surface area contributed by atoms with Crippen molar-refractivity contribution in [3.05, 3.63) is 35.9 Å². The monoisotopic (exact) mass is 491 g/mol. The minimum atomic E-state index is -0.973. The molecule has 180 valence electrons. The van der Waals surface area contributed by atoms with Gasteiger partial charge in [0, 0.05) is 44.7 Å². The van der Waals surface area contributed by atoms with E-state index in [-0.39, 0.29) is 10.8 Å². The molecule has 0 saturated carbocycles. The van der Waals surface area contributed by atoms with Gasteiger partial charge in [0.2, 0.25) is 5.06 Å². The molecule has 4 heterocycles. The van der Waals surface area contributed by atoms with Gasteiger partial charge in [-0.3, -0.25) is 4.90 Å². The Balaban J connectivity index is 1.58. The smallest absolute Gasteiger partial charge is 0.410 e. The molecule has 0 spiro atoms. The molecule has 5 N–H and O–H groups in total. The Morgan fingerprint density at radius 3 is 2.80 bits per heavy atom. The van der Waals surface area contributed by atoms with Crippen LogP contribution in [-0.2, 0) is 0 Å².